The van der Waals surface area contributed by atoms with Crippen LogP contribution in [0.2, 0.25) is 5.02 Å². The molecule has 0 amide bonds. The molecule has 2 nitrogen and oxygen atoms in total. The highest BCUT2D eigenvalue weighted by Crippen LogP contribution is 2.32. The van der Waals surface area contributed by atoms with Gasteiger partial charge >= 0.3 is 0 Å². The summed E-state index contributed by atoms with van der Waals surface area (Å²) in [4.78, 5) is 2.54. The van der Waals surface area contributed by atoms with Gasteiger partial charge in [0, 0.05) is 29.8 Å². The van der Waals surface area contributed by atoms with E-state index < -0.39 is 0 Å². The third-order valence-corrected chi connectivity index (χ3v) is 4.47. The van der Waals surface area contributed by atoms with Crippen LogP contribution in [0.15, 0.2) is 18.2 Å². The highest BCUT2D eigenvalue weighted by atomic mass is 35.5. The van der Waals surface area contributed by atoms with Crippen molar-refractivity contribution in [3.05, 3.63) is 28.8 Å². The van der Waals surface area contributed by atoms with Gasteiger partial charge in [-0.25, -0.2) is 0 Å². The van der Waals surface area contributed by atoms with Gasteiger partial charge in [0.1, 0.15) is 0 Å². The van der Waals surface area contributed by atoms with Gasteiger partial charge in [0.25, 0.3) is 0 Å². The molecule has 2 unspecified atom stereocenters. The Morgan fingerprint density at radius 2 is 2.15 bits per heavy atom. The summed E-state index contributed by atoms with van der Waals surface area (Å²) in [5.41, 5.74) is 2.68. The summed E-state index contributed by atoms with van der Waals surface area (Å²) in [7, 11) is 0. The number of hydrogen-bond donors (Lipinski definition) is 1. The zero-order chi connectivity index (χ0) is 14.5. The average Bonchev–Trinajstić information content (AvgIpc) is 2.41. The number of nitrogens with one attached hydrogen (secondary N) is 1. The van der Waals surface area contributed by atoms with Gasteiger partial charge < -0.3 is 10.2 Å². The van der Waals surface area contributed by atoms with E-state index in [0.29, 0.717) is 6.04 Å². The second-order valence-corrected chi connectivity index (χ2v) is 6.56. The molecular formula is C17H27ClN2. The van der Waals surface area contributed by atoms with Crippen LogP contribution in [-0.2, 0) is 6.54 Å². The first-order valence-electron chi connectivity index (χ1n) is 7.87. The molecule has 1 heterocycles. The van der Waals surface area contributed by atoms with E-state index in [1.807, 2.05) is 6.07 Å². The van der Waals surface area contributed by atoms with E-state index in [2.05, 4.69) is 43.1 Å². The lowest BCUT2D eigenvalue weighted by Gasteiger charge is -2.39. The molecule has 1 N–H and O–H groups in total. The van der Waals surface area contributed by atoms with Crippen molar-refractivity contribution >= 4 is 17.3 Å². The van der Waals surface area contributed by atoms with Crippen LogP contribution in [0.4, 0.5) is 5.69 Å². The van der Waals surface area contributed by atoms with Crippen molar-refractivity contribution in [3.63, 3.8) is 0 Å². The maximum absolute atomic E-state index is 6.23. The van der Waals surface area contributed by atoms with E-state index in [1.165, 1.54) is 30.5 Å². The number of benzene rings is 1. The maximum atomic E-state index is 6.23. The van der Waals surface area contributed by atoms with Gasteiger partial charge in [-0.15, -0.1) is 0 Å². The highest BCUT2D eigenvalue weighted by molar-refractivity contribution is 6.30. The minimum Gasteiger partial charge on any atom is -0.369 e. The summed E-state index contributed by atoms with van der Waals surface area (Å²) in [6.07, 6.45) is 3.72. The van der Waals surface area contributed by atoms with Crippen LogP contribution in [0.1, 0.15) is 45.6 Å². The van der Waals surface area contributed by atoms with E-state index in [0.717, 1.165) is 30.6 Å². The van der Waals surface area contributed by atoms with Crippen LogP contribution in [0.5, 0.6) is 0 Å². The normalized spacial score (nSPS) is 23.1. The molecule has 0 saturated carbocycles. The van der Waals surface area contributed by atoms with Crippen molar-refractivity contribution in [3.8, 4) is 0 Å². The summed E-state index contributed by atoms with van der Waals surface area (Å²) in [6.45, 7) is 10.0. The maximum Gasteiger partial charge on any atom is 0.0429 e. The summed E-state index contributed by atoms with van der Waals surface area (Å²) >= 11 is 6.23. The molecule has 0 spiro atoms. The Balaban J connectivity index is 2.17. The number of halogens is 1. The Hall–Kier alpha value is -0.730. The number of nitrogens with zero attached hydrogens (tertiary/aromatic N) is 1. The van der Waals surface area contributed by atoms with Crippen LogP contribution < -0.4 is 10.2 Å². The lowest BCUT2D eigenvalue weighted by Crippen LogP contribution is -2.41. The first kappa shape index (κ1) is 15.7. The third kappa shape index (κ3) is 3.89. The van der Waals surface area contributed by atoms with Crippen LogP contribution >= 0.6 is 11.6 Å². The van der Waals surface area contributed by atoms with Gasteiger partial charge in [-0.2, -0.15) is 0 Å². The molecule has 20 heavy (non-hydrogen) atoms. The molecule has 1 aliphatic heterocycles. The Bertz CT molecular complexity index is 433. The first-order valence-corrected chi connectivity index (χ1v) is 8.25. The average molecular weight is 295 g/mol. The molecule has 2 rings (SSSR count). The van der Waals surface area contributed by atoms with Crippen LogP contribution in [0.3, 0.4) is 0 Å². The molecule has 0 aromatic heterocycles. The molecular weight excluding hydrogens is 268 g/mol. The quantitative estimate of drug-likeness (QED) is 0.806. The summed E-state index contributed by atoms with van der Waals surface area (Å²) in [5.74, 6) is 0.835. The van der Waals surface area contributed by atoms with Crippen molar-refractivity contribution in [1.82, 2.24) is 5.32 Å². The number of anilines is 1. The van der Waals surface area contributed by atoms with Crippen LogP contribution in [0, 0.1) is 5.92 Å². The lowest BCUT2D eigenvalue weighted by atomic mass is 9.92. The Morgan fingerprint density at radius 1 is 1.35 bits per heavy atom. The van der Waals surface area contributed by atoms with Crippen molar-refractivity contribution in [2.75, 3.05) is 18.0 Å². The minimum atomic E-state index is 0.599. The third-order valence-electron chi connectivity index (χ3n) is 4.24. The van der Waals surface area contributed by atoms with E-state index in [4.69, 9.17) is 11.6 Å². The fourth-order valence-electron chi connectivity index (χ4n) is 3.12. The SMILES string of the molecule is CCCNCc1ccc(Cl)cc1N1CCC(C)CC1C. The smallest absolute Gasteiger partial charge is 0.0429 e. The molecule has 0 aliphatic carbocycles. The number of rotatable bonds is 5. The molecule has 1 aliphatic rings. The largest absolute Gasteiger partial charge is 0.369 e. The van der Waals surface area contributed by atoms with Crippen LogP contribution in [-0.4, -0.2) is 19.1 Å². The van der Waals surface area contributed by atoms with Gasteiger partial charge in [-0.05, 0) is 56.3 Å². The molecule has 112 valence electrons. The zero-order valence-electron chi connectivity index (χ0n) is 13.0. The van der Waals surface area contributed by atoms with E-state index in [-0.39, 0.29) is 0 Å². The Morgan fingerprint density at radius 3 is 2.85 bits per heavy atom. The zero-order valence-corrected chi connectivity index (χ0v) is 13.7. The van der Waals surface area contributed by atoms with Crippen LogP contribution in [0.25, 0.3) is 0 Å². The van der Waals surface area contributed by atoms with Gasteiger partial charge in [0.15, 0.2) is 0 Å². The number of piperidine rings is 1. The van der Waals surface area contributed by atoms with Crippen molar-refractivity contribution in [2.45, 2.75) is 52.6 Å². The van der Waals surface area contributed by atoms with Gasteiger partial charge in [0.05, 0.1) is 0 Å². The monoisotopic (exact) mass is 294 g/mol. The van der Waals surface area contributed by atoms with E-state index >= 15 is 0 Å². The van der Waals surface area contributed by atoms with Gasteiger partial charge in [0.2, 0.25) is 0 Å². The molecule has 1 saturated heterocycles. The minimum absolute atomic E-state index is 0.599. The molecule has 0 bridgehead atoms. The molecule has 2 atom stereocenters. The summed E-state index contributed by atoms with van der Waals surface area (Å²) < 4.78 is 0. The second kappa shape index (κ2) is 7.33. The standard InChI is InChI=1S/C17H27ClN2/c1-4-8-19-12-15-5-6-16(18)11-17(15)20-9-7-13(2)10-14(20)3/h5-6,11,13-14,19H,4,7-10,12H2,1-3H3. The van der Waals surface area contributed by atoms with Gasteiger partial charge in [-0.1, -0.05) is 31.5 Å². The number of hydrogen-bond acceptors (Lipinski definition) is 2. The molecule has 3 heteroatoms. The summed E-state index contributed by atoms with van der Waals surface area (Å²) in [5, 5.41) is 4.34. The first-order chi connectivity index (χ1) is 9.61. The molecule has 1 fully saturated rings. The fraction of sp³-hybridized carbons (Fsp3) is 0.647. The second-order valence-electron chi connectivity index (χ2n) is 6.12. The van der Waals surface area contributed by atoms with E-state index in [9.17, 15) is 0 Å². The van der Waals surface area contributed by atoms with E-state index in [1.54, 1.807) is 0 Å². The highest BCUT2D eigenvalue weighted by Gasteiger charge is 2.24. The predicted octanol–water partition coefficient (Wildman–Crippen LogP) is 4.46. The van der Waals surface area contributed by atoms with Crippen molar-refractivity contribution in [1.29, 1.82) is 0 Å². The molecule has 1 aromatic rings. The fourth-order valence-corrected chi connectivity index (χ4v) is 3.29. The van der Waals surface area contributed by atoms with Crippen molar-refractivity contribution in [2.24, 2.45) is 5.92 Å². The summed E-state index contributed by atoms with van der Waals surface area (Å²) in [6, 6.07) is 6.91. The molecule has 0 radical (unpaired) electrons. The Labute approximate surface area is 128 Å². The molecule has 1 aromatic carbocycles. The van der Waals surface area contributed by atoms with Crippen molar-refractivity contribution < 1.29 is 0 Å². The lowest BCUT2D eigenvalue weighted by molar-refractivity contribution is 0.377. The Kier molecular flexibility index (Phi) is 5.74. The van der Waals surface area contributed by atoms with Gasteiger partial charge in [-0.3, -0.25) is 0 Å². The predicted molar refractivity (Wildman–Crippen MR) is 88.7 cm³/mol. The topological polar surface area (TPSA) is 15.3 Å².